The van der Waals surface area contributed by atoms with Gasteiger partial charge < -0.3 is 39.6 Å². The van der Waals surface area contributed by atoms with Crippen LogP contribution in [0.1, 0.15) is 52.6 Å². The van der Waals surface area contributed by atoms with Crippen molar-refractivity contribution in [3.63, 3.8) is 0 Å². The van der Waals surface area contributed by atoms with Gasteiger partial charge in [0, 0.05) is 42.3 Å². The predicted octanol–water partition coefficient (Wildman–Crippen LogP) is 7.59. The van der Waals surface area contributed by atoms with Crippen molar-refractivity contribution in [2.75, 3.05) is 14.2 Å². The summed E-state index contributed by atoms with van der Waals surface area (Å²) in [5.74, 6) is -0.823. The number of hydrogen-bond acceptors (Lipinski definition) is 12. The van der Waals surface area contributed by atoms with Gasteiger partial charge in [-0.15, -0.1) is 0 Å². The number of hydrogen-bond donors (Lipinski definition) is 4. The summed E-state index contributed by atoms with van der Waals surface area (Å²) in [5.41, 5.74) is 3.54. The van der Waals surface area contributed by atoms with Gasteiger partial charge in [0.05, 0.1) is 30.9 Å². The molecular weight excluding hydrogens is 921 g/mol. The van der Waals surface area contributed by atoms with Gasteiger partial charge in [0.2, 0.25) is 0 Å². The maximum atomic E-state index is 13.1. The highest BCUT2D eigenvalue weighted by molar-refractivity contribution is 9.10. The summed E-state index contributed by atoms with van der Waals surface area (Å²) in [6.45, 7) is 0.522. The van der Waals surface area contributed by atoms with Crippen molar-refractivity contribution in [3.8, 4) is 23.0 Å². The van der Waals surface area contributed by atoms with Crippen LogP contribution < -0.4 is 25.6 Å². The minimum atomic E-state index is -1.38. The van der Waals surface area contributed by atoms with Crippen molar-refractivity contribution in [2.24, 2.45) is 0 Å². The van der Waals surface area contributed by atoms with E-state index in [1.807, 2.05) is 0 Å². The lowest BCUT2D eigenvalue weighted by Crippen LogP contribution is -2.29. The molecule has 2 heterocycles. The zero-order chi connectivity index (χ0) is 47.4. The fraction of sp³-hybridized carbons (Fsp3) is 0.0833. The predicted molar refractivity (Wildman–Crippen MR) is 243 cm³/mol. The monoisotopic (exact) mass is 960 g/mol. The molecule has 14 nitrogen and oxygen atoms in total. The molecule has 0 aliphatic carbocycles. The number of benzene rings is 5. The summed E-state index contributed by atoms with van der Waals surface area (Å²) in [6, 6.07) is 34.2. The topological polar surface area (TPSA) is 196 Å². The maximum Gasteiger partial charge on any atom is 0.488 e. The molecule has 0 saturated carbocycles. The van der Waals surface area contributed by atoms with Gasteiger partial charge in [-0.2, -0.15) is 0 Å². The number of aromatic nitrogens is 2. The summed E-state index contributed by atoms with van der Waals surface area (Å²) >= 11 is 3.35. The Morgan fingerprint density at radius 2 is 1.02 bits per heavy atom. The van der Waals surface area contributed by atoms with Crippen molar-refractivity contribution < 1.29 is 57.0 Å². The van der Waals surface area contributed by atoms with Crippen LogP contribution in [0.5, 0.6) is 23.0 Å². The number of amides is 2. The van der Waals surface area contributed by atoms with E-state index in [4.69, 9.17) is 19.5 Å². The lowest BCUT2D eigenvalue weighted by Gasteiger charge is -2.12. The van der Waals surface area contributed by atoms with Crippen LogP contribution in [0.25, 0.3) is 0 Å². The molecule has 0 spiro atoms. The van der Waals surface area contributed by atoms with Crippen LogP contribution >= 0.6 is 15.9 Å². The largest absolute Gasteiger partial charge is 0.488 e. The van der Waals surface area contributed by atoms with Crippen LogP contribution in [0, 0.1) is 11.6 Å². The quantitative estimate of drug-likeness (QED) is 0.0655. The number of methoxy groups -OCH3 is 2. The standard InChI is InChI=1S/C22H17BrFNO4.C21H17FN2O4.C5H6BNO2/c1-28-22(27)15-4-2-14(3-5-15)13-25-21(26)19-12-16(23)6-11-20(19)29-18-9-7-17(24)8-10-18;1-27-21(26)15-4-2-14(3-5-15)12-24-20(25)18-13-23-11-10-19(18)28-17-8-6-16(22)7-9-17;8-6(9)5-1-3-7-4-2-5/h2-12H,13H2,1H3,(H,25,26);2-11,13H,12H2,1H3,(H,24,25);1-4,8-9H. The first-order valence-electron chi connectivity index (χ1n) is 19.6. The van der Waals surface area contributed by atoms with Crippen LogP contribution in [-0.4, -0.2) is 65.1 Å². The van der Waals surface area contributed by atoms with E-state index in [2.05, 4.69) is 46.0 Å². The number of carbonyl (C=O) groups is 4. The first kappa shape index (κ1) is 49.2. The second-order valence-electron chi connectivity index (χ2n) is 13.5. The number of halogens is 3. The summed E-state index contributed by atoms with van der Waals surface area (Å²) in [7, 11) is 1.25. The average Bonchev–Trinajstić information content (AvgIpc) is 3.35. The second kappa shape index (κ2) is 24.9. The Balaban J connectivity index is 0.000000208. The molecule has 0 fully saturated rings. The van der Waals surface area contributed by atoms with E-state index < -0.39 is 19.1 Å². The zero-order valence-corrected chi connectivity index (χ0v) is 36.8. The molecule has 7 aromatic rings. The second-order valence-corrected chi connectivity index (χ2v) is 14.4. The SMILES string of the molecule is COC(=O)c1ccc(CNC(=O)c2cc(Br)ccc2Oc2ccc(F)cc2)cc1.COC(=O)c1ccc(CNC(=O)c2cnccc2Oc2ccc(F)cc2)cc1.OB(O)c1ccncc1. The van der Waals surface area contributed by atoms with E-state index in [1.54, 1.807) is 84.9 Å². The van der Waals surface area contributed by atoms with Gasteiger partial charge in [0.25, 0.3) is 11.8 Å². The van der Waals surface area contributed by atoms with E-state index in [0.29, 0.717) is 45.2 Å². The molecule has 336 valence electrons. The highest BCUT2D eigenvalue weighted by atomic mass is 79.9. The molecule has 2 aromatic heterocycles. The Bertz CT molecular complexity index is 2700. The molecule has 18 heteroatoms. The normalized spacial score (nSPS) is 10.1. The summed E-state index contributed by atoms with van der Waals surface area (Å²) < 4.78 is 47.6. The number of nitrogens with zero attached hydrogens (tertiary/aromatic N) is 2. The molecule has 0 unspecified atom stereocenters. The third-order valence-electron chi connectivity index (χ3n) is 8.96. The van der Waals surface area contributed by atoms with Gasteiger partial charge in [-0.05, 0) is 126 Å². The first-order chi connectivity index (χ1) is 31.8. The first-order valence-corrected chi connectivity index (χ1v) is 20.4. The highest BCUT2D eigenvalue weighted by Gasteiger charge is 2.16. The van der Waals surface area contributed by atoms with Crippen molar-refractivity contribution in [1.82, 2.24) is 20.6 Å². The number of ether oxygens (including phenoxy) is 4. The van der Waals surface area contributed by atoms with Crippen LogP contribution in [0.15, 0.2) is 163 Å². The Morgan fingerprint density at radius 1 is 0.576 bits per heavy atom. The number of nitrogens with one attached hydrogen (secondary N) is 2. The van der Waals surface area contributed by atoms with Crippen molar-refractivity contribution in [2.45, 2.75) is 13.1 Å². The minimum absolute atomic E-state index is 0.248. The molecule has 0 radical (unpaired) electrons. The Morgan fingerprint density at radius 3 is 1.45 bits per heavy atom. The highest BCUT2D eigenvalue weighted by Crippen LogP contribution is 2.29. The molecule has 0 atom stereocenters. The molecular formula is C48H40BBrF2N4O10. The minimum Gasteiger partial charge on any atom is -0.465 e. The maximum absolute atomic E-state index is 13.1. The van der Waals surface area contributed by atoms with Crippen molar-refractivity contribution >= 4 is 52.3 Å². The van der Waals surface area contributed by atoms with Gasteiger partial charge >= 0.3 is 19.1 Å². The summed E-state index contributed by atoms with van der Waals surface area (Å²) in [5, 5.41) is 22.7. The van der Waals surface area contributed by atoms with E-state index >= 15 is 0 Å². The van der Waals surface area contributed by atoms with Gasteiger partial charge in [-0.1, -0.05) is 40.2 Å². The third kappa shape index (κ3) is 15.2. The fourth-order valence-electron chi connectivity index (χ4n) is 5.51. The van der Waals surface area contributed by atoms with E-state index in [1.165, 1.54) is 87.5 Å². The Hall–Kier alpha value is -7.80. The molecule has 7 rings (SSSR count). The lowest BCUT2D eigenvalue weighted by molar-refractivity contribution is 0.0592. The number of pyridine rings is 2. The third-order valence-corrected chi connectivity index (χ3v) is 9.45. The molecule has 0 aliphatic rings. The molecule has 0 bridgehead atoms. The summed E-state index contributed by atoms with van der Waals surface area (Å²) in [6.07, 6.45) is 5.92. The van der Waals surface area contributed by atoms with E-state index in [0.717, 1.165) is 15.6 Å². The van der Waals surface area contributed by atoms with Crippen LogP contribution in [-0.2, 0) is 22.6 Å². The zero-order valence-electron chi connectivity index (χ0n) is 35.2. The van der Waals surface area contributed by atoms with Crippen LogP contribution in [0.2, 0.25) is 0 Å². The van der Waals surface area contributed by atoms with Crippen LogP contribution in [0.3, 0.4) is 0 Å². The molecule has 2 amide bonds. The van der Waals surface area contributed by atoms with Gasteiger partial charge in [-0.3, -0.25) is 19.6 Å². The van der Waals surface area contributed by atoms with Gasteiger partial charge in [0.15, 0.2) is 0 Å². The average molecular weight is 962 g/mol. The van der Waals surface area contributed by atoms with Crippen molar-refractivity contribution in [1.29, 1.82) is 0 Å². The van der Waals surface area contributed by atoms with E-state index in [-0.39, 0.29) is 42.1 Å². The van der Waals surface area contributed by atoms with Gasteiger partial charge in [-0.25, -0.2) is 18.4 Å². The number of esters is 2. The van der Waals surface area contributed by atoms with Crippen molar-refractivity contribution in [3.05, 3.63) is 208 Å². The van der Waals surface area contributed by atoms with Crippen LogP contribution in [0.4, 0.5) is 8.78 Å². The fourth-order valence-corrected chi connectivity index (χ4v) is 5.87. The summed E-state index contributed by atoms with van der Waals surface area (Å²) in [4.78, 5) is 55.9. The lowest BCUT2D eigenvalue weighted by atomic mass is 9.81. The molecule has 5 aromatic carbocycles. The molecule has 0 saturated heterocycles. The molecule has 66 heavy (non-hydrogen) atoms. The number of carbonyl (C=O) groups excluding carboxylic acids is 4. The number of rotatable bonds is 13. The van der Waals surface area contributed by atoms with Gasteiger partial charge in [0.1, 0.15) is 40.2 Å². The Kier molecular flexibility index (Phi) is 18.6. The Labute approximate surface area is 386 Å². The molecule has 0 aliphatic heterocycles. The van der Waals surface area contributed by atoms with E-state index in [9.17, 15) is 28.0 Å². The smallest absolute Gasteiger partial charge is 0.465 e. The molecule has 4 N–H and O–H groups in total.